The molecule has 0 fully saturated rings. The molecule has 0 amide bonds. The van der Waals surface area contributed by atoms with E-state index in [9.17, 15) is 0 Å². The van der Waals surface area contributed by atoms with Crippen LogP contribution in [0.25, 0.3) is 11.1 Å². The number of allylic oxidation sites excluding steroid dienone is 4. The summed E-state index contributed by atoms with van der Waals surface area (Å²) in [5.41, 5.74) is 3.82. The monoisotopic (exact) mass is 310 g/mol. The highest BCUT2D eigenvalue weighted by Crippen LogP contribution is 2.40. The molecule has 0 N–H and O–H groups in total. The predicted molar refractivity (Wildman–Crippen MR) is 85.4 cm³/mol. The summed E-state index contributed by atoms with van der Waals surface area (Å²) in [4.78, 5) is 0. The highest BCUT2D eigenvalue weighted by molar-refractivity contribution is 9.09. The lowest BCUT2D eigenvalue weighted by molar-refractivity contribution is 0.797. The first-order chi connectivity index (χ1) is 9.28. The first-order valence-corrected chi connectivity index (χ1v) is 7.26. The molecule has 94 valence electrons. The summed E-state index contributed by atoms with van der Waals surface area (Å²) in [5, 5.41) is 0. The molecule has 0 aromatic heterocycles. The van der Waals surface area contributed by atoms with Crippen molar-refractivity contribution in [2.24, 2.45) is 0 Å². The van der Waals surface area contributed by atoms with E-state index >= 15 is 0 Å². The van der Waals surface area contributed by atoms with Crippen LogP contribution in [-0.4, -0.2) is 0 Å². The molecule has 0 aliphatic heterocycles. The Kier molecular flexibility index (Phi) is 3.39. The van der Waals surface area contributed by atoms with Crippen LogP contribution < -0.4 is 0 Å². The van der Waals surface area contributed by atoms with Gasteiger partial charge in [-0.1, -0.05) is 88.8 Å². The van der Waals surface area contributed by atoms with Crippen molar-refractivity contribution in [3.8, 4) is 11.1 Å². The molecule has 2 aromatic carbocycles. The SMILES string of the molecule is BrC1(c2cccc(-c3ccccc3)c2)C=CC=CC1. The molecule has 0 saturated heterocycles. The summed E-state index contributed by atoms with van der Waals surface area (Å²) in [7, 11) is 0. The third kappa shape index (κ3) is 2.57. The highest BCUT2D eigenvalue weighted by atomic mass is 79.9. The number of alkyl halides is 1. The van der Waals surface area contributed by atoms with Crippen molar-refractivity contribution in [1.82, 2.24) is 0 Å². The molecular weight excluding hydrogens is 296 g/mol. The van der Waals surface area contributed by atoms with Crippen LogP contribution >= 0.6 is 15.9 Å². The highest BCUT2D eigenvalue weighted by Gasteiger charge is 2.25. The number of benzene rings is 2. The first kappa shape index (κ1) is 12.4. The van der Waals surface area contributed by atoms with Crippen LogP contribution in [0, 0.1) is 0 Å². The molecule has 0 nitrogen and oxygen atoms in total. The fourth-order valence-corrected chi connectivity index (χ4v) is 2.98. The Bertz CT molecular complexity index is 625. The second kappa shape index (κ2) is 5.18. The van der Waals surface area contributed by atoms with Gasteiger partial charge in [0.25, 0.3) is 0 Å². The van der Waals surface area contributed by atoms with Crippen LogP contribution in [0.1, 0.15) is 12.0 Å². The molecule has 3 rings (SSSR count). The molecule has 1 atom stereocenters. The van der Waals surface area contributed by atoms with Crippen molar-refractivity contribution >= 4 is 15.9 Å². The first-order valence-electron chi connectivity index (χ1n) is 6.47. The molecular formula is C18H15Br. The summed E-state index contributed by atoms with van der Waals surface area (Å²) in [5.74, 6) is 0. The fraction of sp³-hybridized carbons (Fsp3) is 0.111. The van der Waals surface area contributed by atoms with Gasteiger partial charge >= 0.3 is 0 Å². The maximum atomic E-state index is 3.87. The van der Waals surface area contributed by atoms with Gasteiger partial charge in [0.05, 0.1) is 4.32 Å². The molecule has 0 spiro atoms. The van der Waals surface area contributed by atoms with E-state index in [4.69, 9.17) is 0 Å². The Balaban J connectivity index is 2.01. The minimum absolute atomic E-state index is 0.0630. The van der Waals surface area contributed by atoms with Gasteiger partial charge in [-0.2, -0.15) is 0 Å². The van der Waals surface area contributed by atoms with Gasteiger partial charge in [-0.25, -0.2) is 0 Å². The summed E-state index contributed by atoms with van der Waals surface area (Å²) in [6.07, 6.45) is 9.61. The van der Waals surface area contributed by atoms with E-state index in [1.165, 1.54) is 16.7 Å². The van der Waals surface area contributed by atoms with E-state index in [1.807, 2.05) is 6.07 Å². The van der Waals surface area contributed by atoms with Crippen LogP contribution in [0.4, 0.5) is 0 Å². The molecule has 1 heteroatoms. The molecule has 0 heterocycles. The van der Waals surface area contributed by atoms with Crippen molar-refractivity contribution < 1.29 is 0 Å². The molecule has 2 aromatic rings. The Morgan fingerprint density at radius 2 is 1.63 bits per heavy atom. The van der Waals surface area contributed by atoms with Crippen molar-refractivity contribution in [2.45, 2.75) is 10.7 Å². The van der Waals surface area contributed by atoms with E-state index in [0.717, 1.165) is 6.42 Å². The van der Waals surface area contributed by atoms with Gasteiger partial charge in [0, 0.05) is 0 Å². The zero-order chi connectivity index (χ0) is 13.1. The zero-order valence-corrected chi connectivity index (χ0v) is 12.2. The normalized spacial score (nSPS) is 21.5. The maximum Gasteiger partial charge on any atom is 0.0723 e. The number of hydrogen-bond acceptors (Lipinski definition) is 0. The van der Waals surface area contributed by atoms with Crippen molar-refractivity contribution in [3.05, 3.63) is 84.5 Å². The second-order valence-corrected chi connectivity index (χ2v) is 6.22. The molecule has 1 aliphatic rings. The Morgan fingerprint density at radius 3 is 2.37 bits per heavy atom. The van der Waals surface area contributed by atoms with Gasteiger partial charge in [-0.3, -0.25) is 0 Å². The predicted octanol–water partition coefficient (Wildman–Crippen LogP) is 5.46. The average molecular weight is 311 g/mol. The van der Waals surface area contributed by atoms with E-state index in [-0.39, 0.29) is 4.32 Å². The Hall–Kier alpha value is -1.60. The molecule has 0 radical (unpaired) electrons. The van der Waals surface area contributed by atoms with Gasteiger partial charge in [-0.05, 0) is 29.2 Å². The zero-order valence-electron chi connectivity index (χ0n) is 10.6. The minimum Gasteiger partial charge on any atom is -0.0825 e. The summed E-state index contributed by atoms with van der Waals surface area (Å²) in [6, 6.07) is 19.3. The smallest absolute Gasteiger partial charge is 0.0723 e. The van der Waals surface area contributed by atoms with Crippen molar-refractivity contribution in [3.63, 3.8) is 0 Å². The van der Waals surface area contributed by atoms with E-state index in [0.29, 0.717) is 0 Å². The van der Waals surface area contributed by atoms with E-state index < -0.39 is 0 Å². The maximum absolute atomic E-state index is 3.87. The van der Waals surface area contributed by atoms with Crippen molar-refractivity contribution in [2.75, 3.05) is 0 Å². The van der Waals surface area contributed by atoms with Gasteiger partial charge in [0.1, 0.15) is 0 Å². The number of hydrogen-bond donors (Lipinski definition) is 0. The lowest BCUT2D eigenvalue weighted by Gasteiger charge is -2.25. The lowest BCUT2D eigenvalue weighted by atomic mass is 9.90. The second-order valence-electron chi connectivity index (χ2n) is 4.80. The minimum atomic E-state index is -0.0630. The quantitative estimate of drug-likeness (QED) is 0.646. The Morgan fingerprint density at radius 1 is 0.842 bits per heavy atom. The third-order valence-corrected chi connectivity index (χ3v) is 4.52. The topological polar surface area (TPSA) is 0 Å². The third-order valence-electron chi connectivity index (χ3n) is 3.47. The van der Waals surface area contributed by atoms with Gasteiger partial charge in [0.15, 0.2) is 0 Å². The average Bonchev–Trinajstić information content (AvgIpc) is 2.49. The van der Waals surface area contributed by atoms with Crippen LogP contribution in [0.2, 0.25) is 0 Å². The molecule has 19 heavy (non-hydrogen) atoms. The molecule has 1 aliphatic carbocycles. The standard InChI is InChI=1S/C18H15Br/c19-18(12-5-2-6-13-18)17-11-7-10-16(14-17)15-8-3-1-4-9-15/h1-12,14H,13H2. The van der Waals surface area contributed by atoms with Crippen LogP contribution in [0.15, 0.2) is 78.9 Å². The van der Waals surface area contributed by atoms with E-state index in [2.05, 4.69) is 88.8 Å². The van der Waals surface area contributed by atoms with Crippen molar-refractivity contribution in [1.29, 1.82) is 0 Å². The number of rotatable bonds is 2. The van der Waals surface area contributed by atoms with Gasteiger partial charge in [-0.15, -0.1) is 0 Å². The van der Waals surface area contributed by atoms with Crippen LogP contribution in [0.5, 0.6) is 0 Å². The Labute approximate surface area is 122 Å². The molecule has 0 bridgehead atoms. The van der Waals surface area contributed by atoms with E-state index in [1.54, 1.807) is 0 Å². The van der Waals surface area contributed by atoms with Gasteiger partial charge < -0.3 is 0 Å². The van der Waals surface area contributed by atoms with Crippen LogP contribution in [0.3, 0.4) is 0 Å². The number of halogens is 1. The van der Waals surface area contributed by atoms with Gasteiger partial charge in [0.2, 0.25) is 0 Å². The van der Waals surface area contributed by atoms with Crippen LogP contribution in [-0.2, 0) is 4.32 Å². The summed E-state index contributed by atoms with van der Waals surface area (Å²) < 4.78 is -0.0630. The lowest BCUT2D eigenvalue weighted by Crippen LogP contribution is -2.15. The largest absolute Gasteiger partial charge is 0.0825 e. The molecule has 0 saturated carbocycles. The molecule has 1 unspecified atom stereocenters. The fourth-order valence-electron chi connectivity index (χ4n) is 2.40. The summed E-state index contributed by atoms with van der Waals surface area (Å²) >= 11 is 3.87. The summed E-state index contributed by atoms with van der Waals surface area (Å²) in [6.45, 7) is 0.